The minimum atomic E-state index is -4.79. The number of aliphatic carboxylic acids is 1. The Bertz CT molecular complexity index is 600. The summed E-state index contributed by atoms with van der Waals surface area (Å²) >= 11 is 0. The quantitative estimate of drug-likeness (QED) is 0.810. The highest BCUT2D eigenvalue weighted by Crippen LogP contribution is 2.26. The number of carbonyl (C=O) groups excluding carboxylic acids is 1. The summed E-state index contributed by atoms with van der Waals surface area (Å²) in [7, 11) is 0. The number of aryl methyl sites for hydroxylation is 1. The average molecular weight is 317 g/mol. The summed E-state index contributed by atoms with van der Waals surface area (Å²) in [6, 6.07) is -0.201. The first-order valence-corrected chi connectivity index (χ1v) is 6.23. The smallest absolute Gasteiger partial charge is 0.451 e. The lowest BCUT2D eigenvalue weighted by Crippen LogP contribution is -2.41. The van der Waals surface area contributed by atoms with Crippen LogP contribution in [0.1, 0.15) is 35.4 Å². The number of aromatic nitrogens is 2. The lowest BCUT2D eigenvalue weighted by molar-refractivity contribution is -0.145. The number of nitrogens with zero attached hydrogens (tertiary/aromatic N) is 2. The zero-order valence-electron chi connectivity index (χ0n) is 11.8. The van der Waals surface area contributed by atoms with Crippen molar-refractivity contribution in [2.24, 2.45) is 0 Å². The number of carbonyl (C=O) groups is 2. The molecule has 0 aliphatic rings. The van der Waals surface area contributed by atoms with Crippen LogP contribution in [0.5, 0.6) is 0 Å². The summed E-state index contributed by atoms with van der Waals surface area (Å²) in [5, 5.41) is 11.1. The van der Waals surface area contributed by atoms with E-state index in [0.717, 1.165) is 6.07 Å². The van der Waals surface area contributed by atoms with Gasteiger partial charge in [0.15, 0.2) is 0 Å². The van der Waals surface area contributed by atoms with Gasteiger partial charge in [-0.25, -0.2) is 14.8 Å². The minimum Gasteiger partial charge on any atom is -0.480 e. The number of halogens is 3. The van der Waals surface area contributed by atoms with Gasteiger partial charge in [-0.05, 0) is 26.3 Å². The van der Waals surface area contributed by atoms with Crippen LogP contribution in [0.3, 0.4) is 0 Å². The second kappa shape index (κ2) is 7.01. The summed E-state index contributed by atoms with van der Waals surface area (Å²) in [5.41, 5.74) is -0.584. The van der Waals surface area contributed by atoms with Gasteiger partial charge in [-0.15, -0.1) is 0 Å². The third kappa shape index (κ3) is 4.83. The molecule has 0 aliphatic heterocycles. The van der Waals surface area contributed by atoms with Crippen molar-refractivity contribution in [3.8, 4) is 0 Å². The van der Waals surface area contributed by atoms with E-state index < -0.39 is 35.6 Å². The second-order valence-corrected chi connectivity index (χ2v) is 4.38. The van der Waals surface area contributed by atoms with Gasteiger partial charge in [0.1, 0.15) is 11.7 Å². The number of rotatable bonds is 5. The Labute approximate surface area is 124 Å². The maximum absolute atomic E-state index is 12.6. The van der Waals surface area contributed by atoms with E-state index >= 15 is 0 Å². The minimum absolute atomic E-state index is 0.00771. The molecule has 0 fully saturated rings. The molecular formula is C13H14F3N3O3. The fraction of sp³-hybridized carbons (Fsp3) is 0.385. The Hall–Kier alpha value is -2.45. The highest BCUT2D eigenvalue weighted by molar-refractivity contribution is 5.95. The zero-order chi connectivity index (χ0) is 16.9. The molecule has 0 spiro atoms. The maximum Gasteiger partial charge on any atom is 0.451 e. The predicted molar refractivity (Wildman–Crippen MR) is 70.1 cm³/mol. The Kier molecular flexibility index (Phi) is 5.61. The van der Waals surface area contributed by atoms with Gasteiger partial charge in [-0.2, -0.15) is 13.2 Å². The van der Waals surface area contributed by atoms with Crippen LogP contribution in [-0.4, -0.2) is 33.0 Å². The Morgan fingerprint density at radius 3 is 2.55 bits per heavy atom. The molecule has 1 heterocycles. The third-order valence-corrected chi connectivity index (χ3v) is 2.55. The lowest BCUT2D eigenvalue weighted by Gasteiger charge is -2.13. The normalized spacial score (nSPS) is 13.1. The van der Waals surface area contributed by atoms with Gasteiger partial charge in [-0.3, -0.25) is 4.79 Å². The Morgan fingerprint density at radius 2 is 2.05 bits per heavy atom. The molecule has 2 N–H and O–H groups in total. The van der Waals surface area contributed by atoms with Gasteiger partial charge < -0.3 is 10.4 Å². The molecule has 22 heavy (non-hydrogen) atoms. The van der Waals surface area contributed by atoms with Gasteiger partial charge in [0.05, 0.1) is 0 Å². The Balaban J connectivity index is 3.02. The number of amides is 1. The van der Waals surface area contributed by atoms with Crippen molar-refractivity contribution < 1.29 is 27.9 Å². The van der Waals surface area contributed by atoms with Crippen molar-refractivity contribution in [2.75, 3.05) is 0 Å². The lowest BCUT2D eigenvalue weighted by atomic mass is 10.2. The van der Waals surface area contributed by atoms with Crippen LogP contribution in [0, 0.1) is 6.92 Å². The van der Waals surface area contributed by atoms with Gasteiger partial charge in [0.2, 0.25) is 5.82 Å². The van der Waals surface area contributed by atoms with Crippen LogP contribution in [-0.2, 0) is 11.0 Å². The largest absolute Gasteiger partial charge is 0.480 e. The average Bonchev–Trinajstić information content (AvgIpc) is 2.41. The Morgan fingerprint density at radius 1 is 1.41 bits per heavy atom. The van der Waals surface area contributed by atoms with Crippen LogP contribution >= 0.6 is 0 Å². The van der Waals surface area contributed by atoms with E-state index in [1.807, 2.05) is 0 Å². The standard InChI is InChI=1S/C13H14F3N3O3/c1-3-4-5-8(11(21)22)18-10(20)9-6-7(2)17-12(19-9)13(14,15)16/h3-4,6,8H,5H2,1-2H3,(H,18,20)(H,21,22)/b4-3+. The van der Waals surface area contributed by atoms with E-state index in [2.05, 4.69) is 15.3 Å². The molecule has 1 rings (SSSR count). The highest BCUT2D eigenvalue weighted by Gasteiger charge is 2.35. The van der Waals surface area contributed by atoms with E-state index in [0.29, 0.717) is 0 Å². The number of alkyl halides is 3. The zero-order valence-corrected chi connectivity index (χ0v) is 11.8. The fourth-order valence-electron chi connectivity index (χ4n) is 1.54. The molecule has 1 unspecified atom stereocenters. The molecule has 0 saturated heterocycles. The summed E-state index contributed by atoms with van der Waals surface area (Å²) in [4.78, 5) is 29.2. The molecule has 1 aromatic rings. The molecular weight excluding hydrogens is 303 g/mol. The number of allylic oxidation sites excluding steroid dienone is 1. The third-order valence-electron chi connectivity index (χ3n) is 2.55. The topological polar surface area (TPSA) is 92.2 Å². The first-order chi connectivity index (χ1) is 10.1. The van der Waals surface area contributed by atoms with E-state index in [1.165, 1.54) is 13.0 Å². The van der Waals surface area contributed by atoms with Gasteiger partial charge in [-0.1, -0.05) is 12.2 Å². The second-order valence-electron chi connectivity index (χ2n) is 4.38. The van der Waals surface area contributed by atoms with Crippen LogP contribution in [0.4, 0.5) is 13.2 Å². The molecule has 0 saturated carbocycles. The molecule has 9 heteroatoms. The van der Waals surface area contributed by atoms with Crippen molar-refractivity contribution >= 4 is 11.9 Å². The fourth-order valence-corrected chi connectivity index (χ4v) is 1.54. The number of carboxylic acids is 1. The summed E-state index contributed by atoms with van der Waals surface area (Å²) in [5.74, 6) is -3.75. The molecule has 0 radical (unpaired) electrons. The van der Waals surface area contributed by atoms with Gasteiger partial charge >= 0.3 is 12.1 Å². The molecule has 120 valence electrons. The van der Waals surface area contributed by atoms with Crippen LogP contribution in [0.25, 0.3) is 0 Å². The highest BCUT2D eigenvalue weighted by atomic mass is 19.4. The van der Waals surface area contributed by atoms with Crippen LogP contribution in [0.2, 0.25) is 0 Å². The molecule has 1 amide bonds. The molecule has 1 aromatic heterocycles. The number of hydrogen-bond acceptors (Lipinski definition) is 4. The molecule has 0 aromatic carbocycles. The first-order valence-electron chi connectivity index (χ1n) is 6.23. The summed E-state index contributed by atoms with van der Waals surface area (Å²) < 4.78 is 37.8. The van der Waals surface area contributed by atoms with Crippen molar-refractivity contribution in [1.82, 2.24) is 15.3 Å². The van der Waals surface area contributed by atoms with Crippen molar-refractivity contribution in [2.45, 2.75) is 32.5 Å². The van der Waals surface area contributed by atoms with E-state index in [1.54, 1.807) is 13.0 Å². The number of hydrogen-bond donors (Lipinski definition) is 2. The van der Waals surface area contributed by atoms with Crippen molar-refractivity contribution in [3.05, 3.63) is 35.4 Å². The predicted octanol–water partition coefficient (Wildman–Crippen LogP) is 1.95. The first kappa shape index (κ1) is 17.6. The van der Waals surface area contributed by atoms with Gasteiger partial charge in [0, 0.05) is 5.69 Å². The van der Waals surface area contributed by atoms with Crippen LogP contribution < -0.4 is 5.32 Å². The molecule has 0 aliphatic carbocycles. The number of carboxylic acid groups (broad SMARTS) is 1. The van der Waals surface area contributed by atoms with Crippen molar-refractivity contribution in [3.63, 3.8) is 0 Å². The number of nitrogens with one attached hydrogen (secondary N) is 1. The molecule has 6 nitrogen and oxygen atoms in total. The van der Waals surface area contributed by atoms with E-state index in [9.17, 15) is 22.8 Å². The van der Waals surface area contributed by atoms with Crippen molar-refractivity contribution in [1.29, 1.82) is 0 Å². The summed E-state index contributed by atoms with van der Waals surface area (Å²) in [6.07, 6.45) is -1.67. The van der Waals surface area contributed by atoms with E-state index in [4.69, 9.17) is 5.11 Å². The maximum atomic E-state index is 12.6. The SMILES string of the molecule is C/C=C/CC(NC(=O)c1cc(C)nc(C(F)(F)F)n1)C(=O)O. The summed E-state index contributed by atoms with van der Waals surface area (Å²) in [6.45, 7) is 2.95. The van der Waals surface area contributed by atoms with Gasteiger partial charge in [0.25, 0.3) is 5.91 Å². The molecule has 0 bridgehead atoms. The van der Waals surface area contributed by atoms with E-state index in [-0.39, 0.29) is 12.1 Å². The molecule has 1 atom stereocenters. The monoisotopic (exact) mass is 317 g/mol. The van der Waals surface area contributed by atoms with Crippen LogP contribution in [0.15, 0.2) is 18.2 Å².